The summed E-state index contributed by atoms with van der Waals surface area (Å²) in [7, 11) is 0. The molecule has 0 bridgehead atoms. The molecule has 0 N–H and O–H groups in total. The minimum atomic E-state index is 0.475. The van der Waals surface area contributed by atoms with E-state index < -0.39 is 0 Å². The number of para-hydroxylation sites is 5. The largest absolute Gasteiger partial charge is 0.455 e. The van der Waals surface area contributed by atoms with Crippen LogP contribution in [0.15, 0.2) is 207 Å². The monoisotopic (exact) mass is 844 g/mol. The number of rotatable bonds is 4. The quantitative estimate of drug-likeness (QED) is 0.175. The van der Waals surface area contributed by atoms with Gasteiger partial charge in [0, 0.05) is 48.7 Å². The van der Waals surface area contributed by atoms with E-state index in [9.17, 15) is 0 Å². The Bertz CT molecular complexity index is 4420. The van der Waals surface area contributed by atoms with Gasteiger partial charge in [-0.1, -0.05) is 133 Å². The lowest BCUT2D eigenvalue weighted by Crippen LogP contribution is -2.04. The first-order valence-electron chi connectivity index (χ1n) is 22.1. The molecule has 7 heteroatoms. The second-order valence-corrected chi connectivity index (χ2v) is 17.0. The van der Waals surface area contributed by atoms with Gasteiger partial charge in [0.15, 0.2) is 23.1 Å². The Hall–Kier alpha value is -9.07. The number of fused-ring (bicyclic) bond motifs is 15. The van der Waals surface area contributed by atoms with Crippen molar-refractivity contribution in [3.63, 3.8) is 0 Å². The van der Waals surface area contributed by atoms with E-state index in [0.29, 0.717) is 28.6 Å². The van der Waals surface area contributed by atoms with E-state index in [4.69, 9.17) is 28.2 Å². The molecule has 5 aromatic heterocycles. The summed E-state index contributed by atoms with van der Waals surface area (Å²) in [5.74, 6) is 1.43. The normalized spacial score (nSPS) is 12.2. The first-order valence-corrected chi connectivity index (χ1v) is 22.1. The zero-order chi connectivity index (χ0) is 43.0. The molecule has 10 aromatic carbocycles. The second-order valence-electron chi connectivity index (χ2n) is 17.0. The summed E-state index contributed by atoms with van der Waals surface area (Å²) in [6, 6.07) is 67.4. The van der Waals surface area contributed by atoms with Crippen LogP contribution >= 0.6 is 0 Å². The van der Waals surface area contributed by atoms with Crippen LogP contribution in [0.2, 0.25) is 0 Å². The Morgan fingerprint density at radius 1 is 0.303 bits per heavy atom. The summed E-state index contributed by atoms with van der Waals surface area (Å²) < 4.78 is 22.7. The predicted molar refractivity (Wildman–Crippen MR) is 267 cm³/mol. The molecule has 66 heavy (non-hydrogen) atoms. The summed E-state index contributed by atoms with van der Waals surface area (Å²) in [5, 5.41) is 13.0. The number of benzene rings is 10. The second kappa shape index (κ2) is 13.2. The van der Waals surface area contributed by atoms with Crippen molar-refractivity contribution in [3.8, 4) is 39.9 Å². The molecule has 0 amide bonds. The summed E-state index contributed by atoms with van der Waals surface area (Å²) in [6.07, 6.45) is 0. The van der Waals surface area contributed by atoms with Gasteiger partial charge in [-0.3, -0.25) is 0 Å². The van der Waals surface area contributed by atoms with Crippen LogP contribution in [0.5, 0.6) is 0 Å². The molecule has 15 aromatic rings. The summed E-state index contributed by atoms with van der Waals surface area (Å²) in [4.78, 5) is 16.3. The summed E-state index contributed by atoms with van der Waals surface area (Å²) in [6.45, 7) is 0. The highest BCUT2D eigenvalue weighted by Crippen LogP contribution is 2.46. The molecule has 15 rings (SSSR count). The fourth-order valence-electron chi connectivity index (χ4n) is 10.5. The van der Waals surface area contributed by atoms with Crippen LogP contribution in [0.4, 0.5) is 0 Å². The smallest absolute Gasteiger partial charge is 0.167 e. The van der Waals surface area contributed by atoms with E-state index in [0.717, 1.165) is 104 Å². The third kappa shape index (κ3) is 4.93. The summed E-state index contributed by atoms with van der Waals surface area (Å²) >= 11 is 0. The molecular weight excluding hydrogens is 813 g/mol. The zero-order valence-electron chi connectivity index (χ0n) is 35.0. The van der Waals surface area contributed by atoms with Crippen molar-refractivity contribution in [2.24, 2.45) is 0 Å². The molecular formula is C59H32N4O3. The number of hydrogen-bond donors (Lipinski definition) is 0. The Morgan fingerprint density at radius 2 is 0.773 bits per heavy atom. The molecule has 7 nitrogen and oxygen atoms in total. The van der Waals surface area contributed by atoms with Gasteiger partial charge in [0.1, 0.15) is 33.6 Å². The van der Waals surface area contributed by atoms with E-state index in [1.807, 2.05) is 72.8 Å². The molecule has 0 fully saturated rings. The molecule has 306 valence electrons. The Morgan fingerprint density at radius 3 is 1.38 bits per heavy atom. The lowest BCUT2D eigenvalue weighted by molar-refractivity contribution is 0.666. The van der Waals surface area contributed by atoms with Crippen molar-refractivity contribution in [2.75, 3.05) is 0 Å². The molecule has 0 radical (unpaired) electrons. The topological polar surface area (TPSA) is 83.0 Å². The van der Waals surface area contributed by atoms with E-state index in [-0.39, 0.29) is 0 Å². The van der Waals surface area contributed by atoms with Gasteiger partial charge in [0.05, 0.1) is 22.2 Å². The average molecular weight is 845 g/mol. The first-order chi connectivity index (χ1) is 32.7. The van der Waals surface area contributed by atoms with Gasteiger partial charge in [0.2, 0.25) is 0 Å². The standard InChI is InChI=1S/C59H32N4O3/c1-2-15-35-32-48-46(31-34(35)14-1)52-36-16-4-3-13-33(36)27-30-47(52)63(48)53-43(29-28-42-39-19-7-10-26-51(39)66-56(42)53)57-60-58(44-22-11-20-40-37-17-5-8-24-49(37)64-54(40)44)62-59(61-57)45-23-12-21-41-38-18-6-9-25-50(38)65-55(41)45/h1-32H. The maximum atomic E-state index is 7.03. The molecule has 0 aliphatic heterocycles. The zero-order valence-corrected chi connectivity index (χ0v) is 35.0. The SMILES string of the molecule is c1ccc2cc3c(cc2c1)c1c2ccccc2ccc1n3-c1c(-c2nc(-c3cccc4c3oc3ccccc34)nc(-c3cccc4c3oc3ccccc34)n2)ccc2c1oc1ccccc12. The van der Waals surface area contributed by atoms with Gasteiger partial charge in [-0.2, -0.15) is 0 Å². The maximum Gasteiger partial charge on any atom is 0.167 e. The van der Waals surface area contributed by atoms with Crippen LogP contribution in [-0.4, -0.2) is 19.5 Å². The van der Waals surface area contributed by atoms with E-state index in [1.54, 1.807) is 0 Å². The Labute approximate surface area is 374 Å². The highest BCUT2D eigenvalue weighted by molar-refractivity contribution is 6.24. The van der Waals surface area contributed by atoms with Crippen molar-refractivity contribution in [2.45, 2.75) is 0 Å². The van der Waals surface area contributed by atoms with Gasteiger partial charge in [-0.15, -0.1) is 0 Å². The summed E-state index contributed by atoms with van der Waals surface area (Å²) in [5.41, 5.74) is 9.75. The van der Waals surface area contributed by atoms with E-state index in [2.05, 4.69) is 126 Å². The van der Waals surface area contributed by atoms with Crippen molar-refractivity contribution in [1.29, 1.82) is 0 Å². The van der Waals surface area contributed by atoms with Gasteiger partial charge in [0.25, 0.3) is 0 Å². The van der Waals surface area contributed by atoms with Gasteiger partial charge < -0.3 is 17.8 Å². The maximum absolute atomic E-state index is 7.03. The van der Waals surface area contributed by atoms with Crippen LogP contribution in [-0.2, 0) is 0 Å². The van der Waals surface area contributed by atoms with E-state index >= 15 is 0 Å². The minimum absolute atomic E-state index is 0.475. The molecule has 0 aliphatic carbocycles. The average Bonchev–Trinajstić information content (AvgIpc) is 4.14. The van der Waals surface area contributed by atoms with E-state index in [1.165, 1.54) is 16.2 Å². The van der Waals surface area contributed by atoms with Gasteiger partial charge >= 0.3 is 0 Å². The molecule has 0 saturated heterocycles. The minimum Gasteiger partial charge on any atom is -0.455 e. The first kappa shape index (κ1) is 35.4. The lowest BCUT2D eigenvalue weighted by atomic mass is 10.0. The number of furan rings is 3. The van der Waals surface area contributed by atoms with Crippen molar-refractivity contribution < 1.29 is 13.3 Å². The highest BCUT2D eigenvalue weighted by atomic mass is 16.3. The lowest BCUT2D eigenvalue weighted by Gasteiger charge is -2.15. The number of hydrogen-bond acceptors (Lipinski definition) is 6. The molecule has 0 saturated carbocycles. The molecule has 0 atom stereocenters. The number of nitrogens with zero attached hydrogens (tertiary/aromatic N) is 4. The predicted octanol–water partition coefficient (Wildman–Crippen LogP) is 16.0. The third-order valence-electron chi connectivity index (χ3n) is 13.4. The van der Waals surface area contributed by atoms with Gasteiger partial charge in [-0.05, 0) is 82.2 Å². The van der Waals surface area contributed by atoms with Crippen molar-refractivity contribution >= 4 is 109 Å². The number of aromatic nitrogens is 4. The van der Waals surface area contributed by atoms with Crippen LogP contribution in [0.25, 0.3) is 149 Å². The Balaban J connectivity index is 1.10. The fourth-order valence-corrected chi connectivity index (χ4v) is 10.5. The van der Waals surface area contributed by atoms with Crippen LogP contribution in [0.3, 0.4) is 0 Å². The van der Waals surface area contributed by atoms with Crippen LogP contribution in [0.1, 0.15) is 0 Å². The van der Waals surface area contributed by atoms with Crippen molar-refractivity contribution in [3.05, 3.63) is 194 Å². The van der Waals surface area contributed by atoms with Crippen LogP contribution < -0.4 is 0 Å². The molecule has 5 heterocycles. The van der Waals surface area contributed by atoms with Gasteiger partial charge in [-0.25, -0.2) is 15.0 Å². The van der Waals surface area contributed by atoms with Crippen LogP contribution in [0, 0.1) is 0 Å². The fraction of sp³-hybridized carbons (Fsp3) is 0. The van der Waals surface area contributed by atoms with Crippen molar-refractivity contribution in [1.82, 2.24) is 19.5 Å². The highest BCUT2D eigenvalue weighted by Gasteiger charge is 2.27. The third-order valence-corrected chi connectivity index (χ3v) is 13.4. The Kier molecular flexibility index (Phi) is 7.10. The molecule has 0 unspecified atom stereocenters. The molecule has 0 spiro atoms. The molecule has 0 aliphatic rings.